The number of nitrogens with zero attached hydrogens (tertiary/aromatic N) is 1. The minimum absolute atomic E-state index is 0. The molecule has 0 aromatic carbocycles. The van der Waals surface area contributed by atoms with Gasteiger partial charge in [-0.15, -0.1) is 24.8 Å². The zero-order chi connectivity index (χ0) is 8.65. The van der Waals surface area contributed by atoms with Crippen molar-refractivity contribution in [3.8, 4) is 0 Å². The maximum absolute atomic E-state index is 4.93. The minimum Gasteiger partial charge on any atom is -0.305 e. The van der Waals surface area contributed by atoms with Crippen molar-refractivity contribution in [1.82, 2.24) is 4.90 Å². The van der Waals surface area contributed by atoms with E-state index in [4.69, 9.17) is 5.90 Å². The van der Waals surface area contributed by atoms with Crippen LogP contribution in [0.2, 0.25) is 0 Å². The molecule has 1 aliphatic heterocycles. The molecule has 0 unspecified atom stereocenters. The van der Waals surface area contributed by atoms with Crippen LogP contribution in [0.3, 0.4) is 0 Å². The lowest BCUT2D eigenvalue weighted by molar-refractivity contribution is 0.128. The summed E-state index contributed by atoms with van der Waals surface area (Å²) in [5, 5.41) is 0. The van der Waals surface area contributed by atoms with Gasteiger partial charge in [-0.3, -0.25) is 0 Å². The number of rotatable bonds is 5. The summed E-state index contributed by atoms with van der Waals surface area (Å²) in [5.74, 6) is 4.93. The van der Waals surface area contributed by atoms with Gasteiger partial charge in [0.1, 0.15) is 0 Å². The van der Waals surface area contributed by atoms with E-state index in [0.29, 0.717) is 6.61 Å². The van der Waals surface area contributed by atoms with E-state index in [0.717, 1.165) is 6.42 Å². The van der Waals surface area contributed by atoms with E-state index >= 15 is 0 Å². The number of nitrogens with two attached hydrogens (primary N) is 1. The van der Waals surface area contributed by atoms with Gasteiger partial charge in [-0.2, -0.15) is 0 Å². The highest BCUT2D eigenvalue weighted by Crippen LogP contribution is 2.09. The zero-order valence-electron chi connectivity index (χ0n) is 8.61. The first-order valence-electron chi connectivity index (χ1n) is 4.97. The molecule has 0 bridgehead atoms. The SMILES string of the molecule is Cl.Cl.NOCCCCN1CCCCC1. The van der Waals surface area contributed by atoms with Crippen LogP contribution in [-0.4, -0.2) is 31.1 Å². The largest absolute Gasteiger partial charge is 0.305 e. The molecule has 3 nitrogen and oxygen atoms in total. The highest BCUT2D eigenvalue weighted by atomic mass is 35.5. The van der Waals surface area contributed by atoms with Crippen molar-refractivity contribution in [3.05, 3.63) is 0 Å². The average Bonchev–Trinajstić information content (AvgIpc) is 2.14. The van der Waals surface area contributed by atoms with E-state index in [1.807, 2.05) is 0 Å². The molecule has 0 aromatic rings. The van der Waals surface area contributed by atoms with Crippen molar-refractivity contribution < 1.29 is 4.84 Å². The first-order valence-corrected chi connectivity index (χ1v) is 4.97. The quantitative estimate of drug-likeness (QED) is 0.594. The van der Waals surface area contributed by atoms with Gasteiger partial charge in [0.2, 0.25) is 0 Å². The standard InChI is InChI=1S/C9H20N2O.2ClH/c10-12-9-5-4-8-11-6-2-1-3-7-11;;/h1-10H2;2*1H. The fraction of sp³-hybridized carbons (Fsp3) is 1.00. The number of halogens is 2. The fourth-order valence-electron chi connectivity index (χ4n) is 1.70. The monoisotopic (exact) mass is 244 g/mol. The zero-order valence-corrected chi connectivity index (χ0v) is 10.2. The summed E-state index contributed by atoms with van der Waals surface area (Å²) in [5.41, 5.74) is 0. The summed E-state index contributed by atoms with van der Waals surface area (Å²) in [7, 11) is 0. The Hall–Kier alpha value is 0.460. The molecule has 0 aliphatic carbocycles. The molecule has 1 saturated heterocycles. The number of hydrogen-bond acceptors (Lipinski definition) is 3. The predicted octanol–water partition coefficient (Wildman–Crippen LogP) is 1.99. The molecular formula is C9H22Cl2N2O. The van der Waals surface area contributed by atoms with Crippen LogP contribution in [0.5, 0.6) is 0 Å². The molecule has 0 amide bonds. The Labute approximate surface area is 99.1 Å². The lowest BCUT2D eigenvalue weighted by Gasteiger charge is -2.26. The summed E-state index contributed by atoms with van der Waals surface area (Å²) in [4.78, 5) is 7.05. The molecule has 0 spiro atoms. The van der Waals surface area contributed by atoms with Crippen LogP contribution in [0.15, 0.2) is 0 Å². The van der Waals surface area contributed by atoms with Gasteiger partial charge in [0, 0.05) is 0 Å². The Morgan fingerprint density at radius 2 is 1.64 bits per heavy atom. The van der Waals surface area contributed by atoms with Crippen molar-refractivity contribution >= 4 is 24.8 Å². The maximum Gasteiger partial charge on any atom is 0.0679 e. The fourth-order valence-corrected chi connectivity index (χ4v) is 1.70. The highest BCUT2D eigenvalue weighted by Gasteiger charge is 2.08. The Balaban J connectivity index is 0. The maximum atomic E-state index is 4.93. The molecule has 0 radical (unpaired) electrons. The van der Waals surface area contributed by atoms with Crippen molar-refractivity contribution in [1.29, 1.82) is 0 Å². The van der Waals surface area contributed by atoms with Crippen LogP contribution in [0, 0.1) is 0 Å². The molecule has 88 valence electrons. The van der Waals surface area contributed by atoms with Crippen molar-refractivity contribution in [2.75, 3.05) is 26.2 Å². The molecule has 1 fully saturated rings. The van der Waals surface area contributed by atoms with E-state index < -0.39 is 0 Å². The summed E-state index contributed by atoms with van der Waals surface area (Å²) in [6, 6.07) is 0. The third-order valence-electron chi connectivity index (χ3n) is 2.44. The van der Waals surface area contributed by atoms with Gasteiger partial charge in [-0.25, -0.2) is 5.90 Å². The molecule has 1 rings (SSSR count). The van der Waals surface area contributed by atoms with Gasteiger partial charge in [-0.1, -0.05) is 6.42 Å². The lowest BCUT2D eigenvalue weighted by atomic mass is 10.1. The van der Waals surface area contributed by atoms with E-state index in [2.05, 4.69) is 9.74 Å². The molecule has 0 aromatic heterocycles. The summed E-state index contributed by atoms with van der Waals surface area (Å²) < 4.78 is 0. The Kier molecular flexibility index (Phi) is 13.9. The van der Waals surface area contributed by atoms with E-state index in [9.17, 15) is 0 Å². The third kappa shape index (κ3) is 7.83. The first kappa shape index (κ1) is 16.9. The third-order valence-corrected chi connectivity index (χ3v) is 2.44. The van der Waals surface area contributed by atoms with Crippen molar-refractivity contribution in [2.24, 2.45) is 5.90 Å². The number of hydrogen-bond donors (Lipinski definition) is 1. The molecule has 1 aliphatic rings. The number of piperidine rings is 1. The van der Waals surface area contributed by atoms with Gasteiger partial charge >= 0.3 is 0 Å². The summed E-state index contributed by atoms with van der Waals surface area (Å²) in [6.07, 6.45) is 6.49. The topological polar surface area (TPSA) is 38.5 Å². The first-order chi connectivity index (χ1) is 5.93. The van der Waals surface area contributed by atoms with Crippen LogP contribution in [0.1, 0.15) is 32.1 Å². The number of unbranched alkanes of at least 4 members (excludes halogenated alkanes) is 1. The molecule has 0 atom stereocenters. The Morgan fingerprint density at radius 1 is 1.00 bits per heavy atom. The summed E-state index contributed by atoms with van der Waals surface area (Å²) >= 11 is 0. The molecular weight excluding hydrogens is 223 g/mol. The number of likely N-dealkylation sites (tertiary alicyclic amines) is 1. The molecule has 0 saturated carbocycles. The smallest absolute Gasteiger partial charge is 0.0679 e. The molecule has 2 N–H and O–H groups in total. The second-order valence-electron chi connectivity index (χ2n) is 3.48. The van der Waals surface area contributed by atoms with E-state index in [1.54, 1.807) is 0 Å². The van der Waals surface area contributed by atoms with Gasteiger partial charge in [0.25, 0.3) is 0 Å². The summed E-state index contributed by atoms with van der Waals surface area (Å²) in [6.45, 7) is 4.52. The van der Waals surface area contributed by atoms with Gasteiger partial charge in [0.05, 0.1) is 6.61 Å². The van der Waals surface area contributed by atoms with Crippen molar-refractivity contribution in [3.63, 3.8) is 0 Å². The molecule has 5 heteroatoms. The molecule has 1 heterocycles. The van der Waals surface area contributed by atoms with Gasteiger partial charge in [0.15, 0.2) is 0 Å². The Bertz CT molecular complexity index is 111. The van der Waals surface area contributed by atoms with Crippen LogP contribution in [-0.2, 0) is 4.84 Å². The van der Waals surface area contributed by atoms with Crippen LogP contribution in [0.25, 0.3) is 0 Å². The van der Waals surface area contributed by atoms with Crippen LogP contribution < -0.4 is 5.90 Å². The average molecular weight is 245 g/mol. The van der Waals surface area contributed by atoms with E-state index in [-0.39, 0.29) is 24.8 Å². The van der Waals surface area contributed by atoms with Crippen LogP contribution in [0.4, 0.5) is 0 Å². The van der Waals surface area contributed by atoms with Gasteiger partial charge in [-0.05, 0) is 45.3 Å². The molecule has 14 heavy (non-hydrogen) atoms. The predicted molar refractivity (Wildman–Crippen MR) is 64.2 cm³/mol. The van der Waals surface area contributed by atoms with E-state index in [1.165, 1.54) is 45.3 Å². The van der Waals surface area contributed by atoms with Crippen LogP contribution >= 0.6 is 24.8 Å². The van der Waals surface area contributed by atoms with Gasteiger partial charge < -0.3 is 9.74 Å². The highest BCUT2D eigenvalue weighted by molar-refractivity contribution is 5.85. The Morgan fingerprint density at radius 3 is 2.21 bits per heavy atom. The lowest BCUT2D eigenvalue weighted by Crippen LogP contribution is -2.30. The minimum atomic E-state index is 0. The normalized spacial score (nSPS) is 16.9. The second kappa shape index (κ2) is 11.5. The second-order valence-corrected chi connectivity index (χ2v) is 3.48. The van der Waals surface area contributed by atoms with Crippen molar-refractivity contribution in [2.45, 2.75) is 32.1 Å².